The van der Waals surface area contributed by atoms with Crippen molar-refractivity contribution in [1.82, 2.24) is 0 Å². The van der Waals surface area contributed by atoms with E-state index >= 15 is 0 Å². The van der Waals surface area contributed by atoms with Gasteiger partial charge in [0.2, 0.25) is 0 Å². The lowest BCUT2D eigenvalue weighted by molar-refractivity contribution is -0.123. The smallest absolute Gasteiger partial charge is 0.402 e. The molecule has 9 heteroatoms. The van der Waals surface area contributed by atoms with Crippen molar-refractivity contribution in [2.75, 3.05) is 13.2 Å². The summed E-state index contributed by atoms with van der Waals surface area (Å²) >= 11 is 0. The molecule has 0 aromatic rings. The van der Waals surface area contributed by atoms with Gasteiger partial charge in [0.1, 0.15) is 24.4 Å². The second-order valence-electron chi connectivity index (χ2n) is 2.96. The van der Waals surface area contributed by atoms with E-state index in [-0.39, 0.29) is 0 Å². The van der Waals surface area contributed by atoms with Crippen LogP contribution in [0.1, 0.15) is 0 Å². The fraction of sp³-hybridized carbons (Fsp3) is 1.00. The van der Waals surface area contributed by atoms with Crippen LogP contribution in [0.25, 0.3) is 0 Å². The molecule has 0 spiro atoms. The molecular formula is C6H15BO8. The molecule has 4 atom stereocenters. The monoisotopic (exact) mass is 226 g/mol. The van der Waals surface area contributed by atoms with Gasteiger partial charge in [0.05, 0.1) is 13.2 Å². The maximum atomic E-state index is 9.19. The highest BCUT2D eigenvalue weighted by atomic mass is 16.6. The van der Waals surface area contributed by atoms with Crippen LogP contribution in [0.3, 0.4) is 0 Å². The number of aliphatic hydroxyl groups is 5. The fourth-order valence-corrected chi connectivity index (χ4v) is 0.846. The third kappa shape index (κ3) is 5.40. The van der Waals surface area contributed by atoms with Gasteiger partial charge in [-0.25, -0.2) is 0 Å². The molecule has 0 aliphatic carbocycles. The van der Waals surface area contributed by atoms with E-state index in [1.807, 2.05) is 0 Å². The van der Waals surface area contributed by atoms with Crippen LogP contribution in [0.5, 0.6) is 0 Å². The summed E-state index contributed by atoms with van der Waals surface area (Å²) in [4.78, 5) is 0. The second kappa shape index (κ2) is 7.09. The molecule has 0 aromatic carbocycles. The van der Waals surface area contributed by atoms with Crippen LogP contribution in [0.4, 0.5) is 0 Å². The Morgan fingerprint density at radius 1 is 0.933 bits per heavy atom. The van der Waals surface area contributed by atoms with Gasteiger partial charge in [-0.15, -0.1) is 0 Å². The van der Waals surface area contributed by atoms with Crippen LogP contribution in [0.15, 0.2) is 0 Å². The van der Waals surface area contributed by atoms with Crippen LogP contribution < -0.4 is 0 Å². The van der Waals surface area contributed by atoms with Crippen molar-refractivity contribution < 1.29 is 40.2 Å². The minimum atomic E-state index is -2.10. The summed E-state index contributed by atoms with van der Waals surface area (Å²) in [6.07, 6.45) is -6.76. The summed E-state index contributed by atoms with van der Waals surface area (Å²) in [5.74, 6) is 0. The average Bonchev–Trinajstić information content (AvgIpc) is 2.22. The van der Waals surface area contributed by atoms with Crippen molar-refractivity contribution >= 4 is 7.32 Å². The molecule has 0 fully saturated rings. The van der Waals surface area contributed by atoms with Crippen LogP contribution in [-0.2, 0) is 4.65 Å². The van der Waals surface area contributed by atoms with Gasteiger partial charge in [-0.05, 0) is 0 Å². The third-order valence-corrected chi connectivity index (χ3v) is 1.74. The molecule has 0 saturated heterocycles. The van der Waals surface area contributed by atoms with Crippen LogP contribution in [-0.4, -0.2) is 80.5 Å². The molecule has 15 heavy (non-hydrogen) atoms. The molecule has 8 nitrogen and oxygen atoms in total. The Kier molecular flexibility index (Phi) is 6.97. The molecular weight excluding hydrogens is 211 g/mol. The highest BCUT2D eigenvalue weighted by Gasteiger charge is 2.30. The molecule has 0 rings (SSSR count). The maximum absolute atomic E-state index is 9.19. The quantitative estimate of drug-likeness (QED) is 0.214. The number of hydrogen-bond donors (Lipinski definition) is 7. The van der Waals surface area contributed by atoms with E-state index < -0.39 is 45.0 Å². The number of rotatable bonds is 7. The van der Waals surface area contributed by atoms with Gasteiger partial charge in [-0.3, -0.25) is 0 Å². The van der Waals surface area contributed by atoms with Gasteiger partial charge in [-0.2, -0.15) is 0 Å². The number of hydrogen-bond acceptors (Lipinski definition) is 8. The van der Waals surface area contributed by atoms with Gasteiger partial charge < -0.3 is 40.2 Å². The molecule has 0 heterocycles. The Morgan fingerprint density at radius 3 is 1.80 bits per heavy atom. The van der Waals surface area contributed by atoms with E-state index in [9.17, 15) is 5.11 Å². The average molecular weight is 226 g/mol. The van der Waals surface area contributed by atoms with Crippen molar-refractivity contribution in [3.05, 3.63) is 0 Å². The minimum absolute atomic E-state index is 0.645. The highest BCUT2D eigenvalue weighted by molar-refractivity contribution is 6.32. The SMILES string of the molecule is OC[C@@H](O)[C@@H](O)[C@H](O)[C@@H](O)COB(O)O. The van der Waals surface area contributed by atoms with Gasteiger partial charge in [0, 0.05) is 0 Å². The molecule has 0 aromatic heterocycles. The summed E-state index contributed by atoms with van der Waals surface area (Å²) in [5, 5.41) is 61.3. The van der Waals surface area contributed by atoms with Crippen LogP contribution in [0.2, 0.25) is 0 Å². The first-order chi connectivity index (χ1) is 6.90. The molecule has 0 radical (unpaired) electrons. The van der Waals surface area contributed by atoms with E-state index in [0.717, 1.165) is 0 Å². The van der Waals surface area contributed by atoms with Crippen LogP contribution in [0, 0.1) is 0 Å². The van der Waals surface area contributed by atoms with Crippen molar-refractivity contribution in [1.29, 1.82) is 0 Å². The van der Waals surface area contributed by atoms with Crippen molar-refractivity contribution in [2.45, 2.75) is 24.4 Å². The molecule has 0 unspecified atom stereocenters. The summed E-state index contributed by atoms with van der Waals surface area (Å²) in [7, 11) is -2.10. The Balaban J connectivity index is 4.01. The zero-order valence-electron chi connectivity index (χ0n) is 7.84. The van der Waals surface area contributed by atoms with E-state index in [1.165, 1.54) is 0 Å². The predicted octanol–water partition coefficient (Wildman–Crippen LogP) is -4.59. The van der Waals surface area contributed by atoms with Crippen molar-refractivity contribution in [2.24, 2.45) is 0 Å². The van der Waals surface area contributed by atoms with E-state index in [0.29, 0.717) is 0 Å². The maximum Gasteiger partial charge on any atom is 0.633 e. The molecule has 90 valence electrons. The summed E-state index contributed by atoms with van der Waals surface area (Å²) in [5.41, 5.74) is 0. The molecule has 7 N–H and O–H groups in total. The second-order valence-corrected chi connectivity index (χ2v) is 2.96. The molecule has 0 aliphatic rings. The van der Waals surface area contributed by atoms with Gasteiger partial charge >= 0.3 is 7.32 Å². The predicted molar refractivity (Wildman–Crippen MR) is 47.3 cm³/mol. The lowest BCUT2D eigenvalue weighted by Crippen LogP contribution is -2.47. The number of aliphatic hydroxyl groups excluding tert-OH is 5. The first-order valence-corrected chi connectivity index (χ1v) is 4.21. The molecule has 0 saturated carbocycles. The normalized spacial score (nSPS) is 19.4. The highest BCUT2D eigenvalue weighted by Crippen LogP contribution is 2.05. The van der Waals surface area contributed by atoms with Crippen molar-refractivity contribution in [3.8, 4) is 0 Å². The minimum Gasteiger partial charge on any atom is -0.402 e. The van der Waals surface area contributed by atoms with E-state index in [1.54, 1.807) is 0 Å². The van der Waals surface area contributed by atoms with Crippen molar-refractivity contribution in [3.63, 3.8) is 0 Å². The fourth-order valence-electron chi connectivity index (χ4n) is 0.846. The first kappa shape index (κ1) is 14.7. The summed E-state index contributed by atoms with van der Waals surface area (Å²) in [6, 6.07) is 0. The Morgan fingerprint density at radius 2 is 1.40 bits per heavy atom. The Labute approximate surface area is 86.2 Å². The zero-order chi connectivity index (χ0) is 12.0. The third-order valence-electron chi connectivity index (χ3n) is 1.74. The first-order valence-electron chi connectivity index (χ1n) is 4.21. The summed E-state index contributed by atoms with van der Waals surface area (Å²) in [6.45, 7) is -1.43. The Bertz CT molecular complexity index is 167. The lowest BCUT2D eigenvalue weighted by Gasteiger charge is -2.25. The zero-order valence-corrected chi connectivity index (χ0v) is 7.84. The summed E-state index contributed by atoms with van der Waals surface area (Å²) < 4.78 is 4.13. The standard InChI is InChI=1S/C6H15BO8/c8-1-3(9)5(11)6(12)4(10)2-15-7(13)14/h3-6,8-14H,1-2H2/t3-,4+,5-,6-/m1/s1. The van der Waals surface area contributed by atoms with E-state index in [4.69, 9.17) is 30.5 Å². The molecule has 0 amide bonds. The van der Waals surface area contributed by atoms with Gasteiger partial charge in [0.15, 0.2) is 0 Å². The Hall–Kier alpha value is -0.255. The van der Waals surface area contributed by atoms with E-state index in [2.05, 4.69) is 4.65 Å². The topological polar surface area (TPSA) is 151 Å². The lowest BCUT2D eigenvalue weighted by atomic mass is 10.0. The van der Waals surface area contributed by atoms with Crippen LogP contribution >= 0.6 is 0 Å². The largest absolute Gasteiger partial charge is 0.633 e. The van der Waals surface area contributed by atoms with Gasteiger partial charge in [-0.1, -0.05) is 0 Å². The molecule has 0 aliphatic heterocycles. The molecule has 0 bridgehead atoms. The van der Waals surface area contributed by atoms with Gasteiger partial charge in [0.25, 0.3) is 0 Å².